The van der Waals surface area contributed by atoms with E-state index >= 15 is 0 Å². The predicted molar refractivity (Wildman–Crippen MR) is 82.5 cm³/mol. The smallest absolute Gasteiger partial charge is 0.233 e. The number of aryl methyl sites for hydroxylation is 1. The molecule has 118 valence electrons. The maximum Gasteiger partial charge on any atom is 0.233 e. The lowest BCUT2D eigenvalue weighted by Crippen LogP contribution is -2.40. The molecule has 2 aromatic rings. The number of rotatable bonds is 5. The summed E-state index contributed by atoms with van der Waals surface area (Å²) in [6, 6.07) is 4.50. The number of hydrogen-bond acceptors (Lipinski definition) is 7. The molecular formula is C15H22N6O. The number of anilines is 1. The Morgan fingerprint density at radius 2 is 2.27 bits per heavy atom. The number of nitrogens with zero attached hydrogens (tertiary/aromatic N) is 6. The fourth-order valence-electron chi connectivity index (χ4n) is 2.93. The van der Waals surface area contributed by atoms with Gasteiger partial charge in [-0.3, -0.25) is 4.90 Å². The lowest BCUT2D eigenvalue weighted by molar-refractivity contribution is 0.210. The Kier molecular flexibility index (Phi) is 4.33. The van der Waals surface area contributed by atoms with Gasteiger partial charge >= 0.3 is 0 Å². The second-order valence-electron chi connectivity index (χ2n) is 5.85. The van der Waals surface area contributed by atoms with Crippen LogP contribution in [-0.2, 0) is 0 Å². The zero-order chi connectivity index (χ0) is 15.5. The summed E-state index contributed by atoms with van der Waals surface area (Å²) in [6.07, 6.45) is 4.06. The van der Waals surface area contributed by atoms with Gasteiger partial charge in [-0.1, -0.05) is 0 Å². The van der Waals surface area contributed by atoms with Gasteiger partial charge in [0.15, 0.2) is 5.82 Å². The Balaban J connectivity index is 1.66. The molecule has 0 radical (unpaired) electrons. The van der Waals surface area contributed by atoms with Crippen LogP contribution in [0.15, 0.2) is 22.7 Å². The molecule has 7 heteroatoms. The molecule has 0 amide bonds. The maximum atomic E-state index is 5.54. The molecule has 3 rings (SSSR count). The molecule has 22 heavy (non-hydrogen) atoms. The predicted octanol–water partition coefficient (Wildman–Crippen LogP) is 1.83. The fraction of sp³-hybridized carbons (Fsp3) is 0.600. The average Bonchev–Trinajstić information content (AvgIpc) is 3.16. The van der Waals surface area contributed by atoms with Crippen molar-refractivity contribution in [3.8, 4) is 0 Å². The van der Waals surface area contributed by atoms with Gasteiger partial charge in [-0.15, -0.1) is 15.3 Å². The summed E-state index contributed by atoms with van der Waals surface area (Å²) in [5.41, 5.74) is 0. The van der Waals surface area contributed by atoms with E-state index in [2.05, 4.69) is 44.2 Å². The first-order valence-corrected chi connectivity index (χ1v) is 7.69. The molecular weight excluding hydrogens is 280 g/mol. The van der Waals surface area contributed by atoms with Crippen LogP contribution < -0.4 is 4.90 Å². The SMILES string of the molecule is Cc1nnc([C@@H](C)N(C)C[C@H]2CCCN2c2cccnn2)o1. The highest BCUT2D eigenvalue weighted by molar-refractivity contribution is 5.39. The van der Waals surface area contributed by atoms with Crippen LogP contribution in [0.3, 0.4) is 0 Å². The second-order valence-corrected chi connectivity index (χ2v) is 5.85. The minimum atomic E-state index is 0.102. The molecule has 0 aliphatic carbocycles. The molecule has 2 atom stereocenters. The summed E-state index contributed by atoms with van der Waals surface area (Å²) in [7, 11) is 2.09. The van der Waals surface area contributed by atoms with Gasteiger partial charge in [-0.05, 0) is 38.9 Å². The van der Waals surface area contributed by atoms with Crippen LogP contribution in [0.25, 0.3) is 0 Å². The lowest BCUT2D eigenvalue weighted by Gasteiger charge is -2.31. The van der Waals surface area contributed by atoms with E-state index in [4.69, 9.17) is 4.42 Å². The number of aromatic nitrogens is 4. The van der Waals surface area contributed by atoms with Gasteiger partial charge in [0.25, 0.3) is 0 Å². The van der Waals surface area contributed by atoms with Crippen LogP contribution in [0.4, 0.5) is 5.82 Å². The van der Waals surface area contributed by atoms with Crippen LogP contribution in [0, 0.1) is 6.92 Å². The van der Waals surface area contributed by atoms with Crippen LogP contribution in [0.2, 0.25) is 0 Å². The van der Waals surface area contributed by atoms with Crippen molar-refractivity contribution < 1.29 is 4.42 Å². The lowest BCUT2D eigenvalue weighted by atomic mass is 10.2. The second kappa shape index (κ2) is 6.39. The Bertz CT molecular complexity index is 601. The van der Waals surface area contributed by atoms with E-state index in [0.29, 0.717) is 17.8 Å². The first-order valence-electron chi connectivity index (χ1n) is 7.69. The molecule has 1 aliphatic heterocycles. The van der Waals surface area contributed by atoms with E-state index in [0.717, 1.165) is 25.3 Å². The Morgan fingerprint density at radius 3 is 2.95 bits per heavy atom. The third kappa shape index (κ3) is 3.09. The van der Waals surface area contributed by atoms with Gasteiger partial charge in [0.1, 0.15) is 0 Å². The van der Waals surface area contributed by atoms with Crippen LogP contribution >= 0.6 is 0 Å². The van der Waals surface area contributed by atoms with Crippen molar-refractivity contribution in [2.45, 2.75) is 38.8 Å². The highest BCUT2D eigenvalue weighted by Crippen LogP contribution is 2.26. The highest BCUT2D eigenvalue weighted by Gasteiger charge is 2.29. The Labute approximate surface area is 130 Å². The first kappa shape index (κ1) is 14.9. The third-order valence-corrected chi connectivity index (χ3v) is 4.29. The van der Waals surface area contributed by atoms with E-state index in [1.54, 1.807) is 6.20 Å². The maximum absolute atomic E-state index is 5.54. The monoisotopic (exact) mass is 302 g/mol. The largest absolute Gasteiger partial charge is 0.424 e. The topological polar surface area (TPSA) is 71.2 Å². The normalized spacial score (nSPS) is 19.8. The van der Waals surface area contributed by atoms with Crippen molar-refractivity contribution in [1.82, 2.24) is 25.3 Å². The summed E-state index contributed by atoms with van der Waals surface area (Å²) in [5, 5.41) is 16.3. The van der Waals surface area contributed by atoms with E-state index in [1.165, 1.54) is 6.42 Å². The molecule has 1 saturated heterocycles. The van der Waals surface area contributed by atoms with Gasteiger partial charge in [0, 0.05) is 32.3 Å². The molecule has 1 fully saturated rings. The van der Waals surface area contributed by atoms with Gasteiger partial charge < -0.3 is 9.32 Å². The first-order chi connectivity index (χ1) is 10.6. The van der Waals surface area contributed by atoms with Crippen LogP contribution in [0.5, 0.6) is 0 Å². The van der Waals surface area contributed by atoms with Crippen molar-refractivity contribution in [2.24, 2.45) is 0 Å². The molecule has 0 spiro atoms. The summed E-state index contributed by atoms with van der Waals surface area (Å²) < 4.78 is 5.54. The summed E-state index contributed by atoms with van der Waals surface area (Å²) in [5.74, 6) is 2.24. The highest BCUT2D eigenvalue weighted by atomic mass is 16.4. The van der Waals surface area contributed by atoms with Gasteiger partial charge in [0.2, 0.25) is 11.8 Å². The van der Waals surface area contributed by atoms with Crippen molar-refractivity contribution in [3.63, 3.8) is 0 Å². The van der Waals surface area contributed by atoms with E-state index in [-0.39, 0.29) is 6.04 Å². The van der Waals surface area contributed by atoms with E-state index in [1.807, 2.05) is 19.1 Å². The van der Waals surface area contributed by atoms with Crippen molar-refractivity contribution >= 4 is 5.82 Å². The average molecular weight is 302 g/mol. The molecule has 0 saturated carbocycles. The van der Waals surface area contributed by atoms with Crippen LogP contribution in [0.1, 0.15) is 37.6 Å². The van der Waals surface area contributed by atoms with Crippen molar-refractivity contribution in [1.29, 1.82) is 0 Å². The van der Waals surface area contributed by atoms with Gasteiger partial charge in [0.05, 0.1) is 6.04 Å². The fourth-order valence-corrected chi connectivity index (χ4v) is 2.93. The summed E-state index contributed by atoms with van der Waals surface area (Å²) in [4.78, 5) is 4.60. The molecule has 0 N–H and O–H groups in total. The quantitative estimate of drug-likeness (QED) is 0.834. The molecule has 0 unspecified atom stereocenters. The molecule has 7 nitrogen and oxygen atoms in total. The van der Waals surface area contributed by atoms with Gasteiger partial charge in [-0.2, -0.15) is 5.10 Å². The number of hydrogen-bond donors (Lipinski definition) is 0. The van der Waals surface area contributed by atoms with Crippen LogP contribution in [-0.4, -0.2) is 51.5 Å². The summed E-state index contributed by atoms with van der Waals surface area (Å²) >= 11 is 0. The Hall–Kier alpha value is -2.02. The van der Waals surface area contributed by atoms with Gasteiger partial charge in [-0.25, -0.2) is 0 Å². The molecule has 0 bridgehead atoms. The zero-order valence-electron chi connectivity index (χ0n) is 13.3. The molecule has 0 aromatic carbocycles. The van der Waals surface area contributed by atoms with Crippen molar-refractivity contribution in [2.75, 3.05) is 25.0 Å². The number of likely N-dealkylation sites (N-methyl/N-ethyl adjacent to an activating group) is 1. The minimum Gasteiger partial charge on any atom is -0.424 e. The van der Waals surface area contributed by atoms with Crippen molar-refractivity contribution in [3.05, 3.63) is 30.1 Å². The molecule has 1 aliphatic rings. The standard InChI is InChI=1S/C15H22N6O/c1-11(15-19-17-12(2)22-15)20(3)10-13-6-5-9-21(13)14-7-4-8-16-18-14/h4,7-8,11,13H,5-6,9-10H2,1-3H3/t11-,13-/m1/s1. The van der Waals surface area contributed by atoms with E-state index < -0.39 is 0 Å². The molecule has 3 heterocycles. The summed E-state index contributed by atoms with van der Waals surface area (Å²) in [6.45, 7) is 5.87. The molecule has 2 aromatic heterocycles. The zero-order valence-corrected chi connectivity index (χ0v) is 13.3. The Morgan fingerprint density at radius 1 is 1.41 bits per heavy atom. The third-order valence-electron chi connectivity index (χ3n) is 4.29. The minimum absolute atomic E-state index is 0.102. The van der Waals surface area contributed by atoms with E-state index in [9.17, 15) is 0 Å².